The molecule has 0 saturated carbocycles. The van der Waals surface area contributed by atoms with E-state index < -0.39 is 23.4 Å². The molecule has 0 aliphatic carbocycles. The van der Waals surface area contributed by atoms with E-state index in [9.17, 15) is 13.6 Å². The van der Waals surface area contributed by atoms with Crippen LogP contribution in [0.4, 0.5) is 8.78 Å². The van der Waals surface area contributed by atoms with Crippen LogP contribution in [-0.2, 0) is 0 Å². The van der Waals surface area contributed by atoms with Gasteiger partial charge in [-0.1, -0.05) is 12.1 Å². The molecule has 5 aromatic rings. The average molecular weight is 420 g/mol. The van der Waals surface area contributed by atoms with E-state index in [1.54, 1.807) is 10.9 Å². The number of para-hydroxylation sites is 2. The van der Waals surface area contributed by atoms with Crippen LogP contribution in [0.2, 0.25) is 0 Å². The van der Waals surface area contributed by atoms with Gasteiger partial charge in [-0.2, -0.15) is 4.98 Å². The molecule has 154 valence electrons. The van der Waals surface area contributed by atoms with Crippen LogP contribution in [0, 0.1) is 11.6 Å². The van der Waals surface area contributed by atoms with Gasteiger partial charge in [0, 0.05) is 6.42 Å². The van der Waals surface area contributed by atoms with Gasteiger partial charge >= 0.3 is 5.69 Å². The maximum absolute atomic E-state index is 14.7. The second kappa shape index (κ2) is 6.46. The van der Waals surface area contributed by atoms with Crippen molar-refractivity contribution in [3.8, 4) is 11.7 Å². The Kier molecular flexibility index (Phi) is 3.70. The van der Waals surface area contributed by atoms with E-state index in [1.807, 2.05) is 24.3 Å². The van der Waals surface area contributed by atoms with Crippen molar-refractivity contribution >= 4 is 22.2 Å². The number of nitrogens with one attached hydrogen (secondary N) is 1. The van der Waals surface area contributed by atoms with Gasteiger partial charge in [-0.05, 0) is 24.3 Å². The molecule has 0 fully saturated rings. The van der Waals surface area contributed by atoms with E-state index in [1.165, 1.54) is 10.8 Å². The third kappa shape index (κ3) is 2.57. The summed E-state index contributed by atoms with van der Waals surface area (Å²) in [7, 11) is 0. The van der Waals surface area contributed by atoms with Crippen LogP contribution < -0.4 is 10.4 Å². The molecule has 6 rings (SSSR count). The second-order valence-electron chi connectivity index (χ2n) is 7.24. The molecule has 0 amide bonds. The Morgan fingerprint density at radius 3 is 2.84 bits per heavy atom. The number of aromatic amines is 1. The zero-order valence-corrected chi connectivity index (χ0v) is 15.9. The van der Waals surface area contributed by atoms with Crippen molar-refractivity contribution in [3.63, 3.8) is 0 Å². The molecule has 1 unspecified atom stereocenters. The molecule has 2 aromatic carbocycles. The molecule has 0 bridgehead atoms. The van der Waals surface area contributed by atoms with Crippen LogP contribution in [0.5, 0.6) is 5.75 Å². The number of halogens is 2. The third-order valence-electron chi connectivity index (χ3n) is 5.49. The van der Waals surface area contributed by atoms with E-state index in [2.05, 4.69) is 19.9 Å². The van der Waals surface area contributed by atoms with Gasteiger partial charge in [0.05, 0.1) is 35.4 Å². The zero-order valence-electron chi connectivity index (χ0n) is 15.9. The molecular weight excluding hydrogens is 406 g/mol. The number of fused-ring (bicyclic) bond motifs is 3. The number of hydrogen-bond acceptors (Lipinski definition) is 5. The minimum absolute atomic E-state index is 0.00231. The first kappa shape index (κ1) is 17.8. The SMILES string of the molecule is O=c1[nH]c2cnc(-n3cnc4ccccc43)nc2n1C1CCOc2c(F)ccc(F)c21. The number of nitrogens with zero attached hydrogens (tertiary/aromatic N) is 5. The average Bonchev–Trinajstić information content (AvgIpc) is 3.36. The highest BCUT2D eigenvalue weighted by atomic mass is 19.1. The predicted molar refractivity (Wildman–Crippen MR) is 107 cm³/mol. The summed E-state index contributed by atoms with van der Waals surface area (Å²) in [5.74, 6) is -1.18. The fraction of sp³-hybridized carbons (Fsp3) is 0.143. The van der Waals surface area contributed by atoms with Crippen LogP contribution in [0.25, 0.3) is 28.1 Å². The maximum Gasteiger partial charge on any atom is 0.328 e. The van der Waals surface area contributed by atoms with Crippen LogP contribution in [0.3, 0.4) is 0 Å². The van der Waals surface area contributed by atoms with Crippen molar-refractivity contribution in [1.29, 1.82) is 0 Å². The Morgan fingerprint density at radius 2 is 1.94 bits per heavy atom. The molecule has 0 spiro atoms. The molecule has 1 N–H and O–H groups in total. The molecule has 0 radical (unpaired) electrons. The van der Waals surface area contributed by atoms with Gasteiger partial charge in [-0.15, -0.1) is 0 Å². The lowest BCUT2D eigenvalue weighted by molar-refractivity contribution is 0.238. The Morgan fingerprint density at radius 1 is 1.10 bits per heavy atom. The predicted octanol–water partition coefficient (Wildman–Crippen LogP) is 3.11. The summed E-state index contributed by atoms with van der Waals surface area (Å²) < 4.78 is 37.3. The summed E-state index contributed by atoms with van der Waals surface area (Å²) in [6.07, 6.45) is 3.37. The minimum Gasteiger partial charge on any atom is -0.490 e. The number of ether oxygens (including phenoxy) is 1. The van der Waals surface area contributed by atoms with Crippen molar-refractivity contribution in [3.05, 3.63) is 76.6 Å². The molecule has 1 aliphatic rings. The van der Waals surface area contributed by atoms with Crippen LogP contribution in [0.1, 0.15) is 18.0 Å². The fourth-order valence-electron chi connectivity index (χ4n) is 4.11. The summed E-state index contributed by atoms with van der Waals surface area (Å²) in [5, 5.41) is 0. The molecule has 3 aromatic heterocycles. The topological polar surface area (TPSA) is 90.6 Å². The Balaban J connectivity index is 1.58. The molecule has 31 heavy (non-hydrogen) atoms. The summed E-state index contributed by atoms with van der Waals surface area (Å²) in [5.41, 5.74) is 1.77. The summed E-state index contributed by atoms with van der Waals surface area (Å²) in [4.78, 5) is 28.8. The lowest BCUT2D eigenvalue weighted by atomic mass is 9.99. The zero-order chi connectivity index (χ0) is 21.1. The Bertz CT molecular complexity index is 1540. The normalized spacial score (nSPS) is 15.9. The number of benzene rings is 2. The van der Waals surface area contributed by atoms with E-state index in [-0.39, 0.29) is 30.0 Å². The molecule has 4 heterocycles. The van der Waals surface area contributed by atoms with E-state index in [0.29, 0.717) is 11.5 Å². The first-order valence-corrected chi connectivity index (χ1v) is 9.62. The lowest BCUT2D eigenvalue weighted by Gasteiger charge is -2.27. The maximum atomic E-state index is 14.7. The van der Waals surface area contributed by atoms with E-state index >= 15 is 0 Å². The number of aromatic nitrogens is 6. The highest BCUT2D eigenvalue weighted by molar-refractivity contribution is 5.77. The van der Waals surface area contributed by atoms with Gasteiger partial charge in [0.15, 0.2) is 17.2 Å². The Labute approximate surface area is 172 Å². The van der Waals surface area contributed by atoms with Gasteiger partial charge in [0.1, 0.15) is 17.7 Å². The molecule has 10 heteroatoms. The van der Waals surface area contributed by atoms with Crippen molar-refractivity contribution in [1.82, 2.24) is 29.1 Å². The van der Waals surface area contributed by atoms with Crippen LogP contribution in [0.15, 0.2) is 53.7 Å². The number of H-pyrrole nitrogens is 1. The quantitative estimate of drug-likeness (QED) is 0.474. The molecule has 1 aliphatic heterocycles. The van der Waals surface area contributed by atoms with Crippen LogP contribution in [-0.4, -0.2) is 35.7 Å². The van der Waals surface area contributed by atoms with Crippen LogP contribution >= 0.6 is 0 Å². The first-order chi connectivity index (χ1) is 15.1. The molecule has 1 atom stereocenters. The number of rotatable bonds is 2. The van der Waals surface area contributed by atoms with Gasteiger partial charge in [-0.3, -0.25) is 9.13 Å². The standard InChI is InChI=1S/C21H14F2N6O2/c22-11-5-6-12(23)18-17(11)16(7-8-31-18)29-19-14(26-21(29)30)9-24-20(27-19)28-10-25-13-3-1-2-4-15(13)28/h1-6,9-10,16H,7-8H2,(H,26,30). The highest BCUT2D eigenvalue weighted by Crippen LogP contribution is 2.38. The minimum atomic E-state index is -0.775. The first-order valence-electron chi connectivity index (χ1n) is 9.62. The lowest BCUT2D eigenvalue weighted by Crippen LogP contribution is -2.29. The smallest absolute Gasteiger partial charge is 0.328 e. The highest BCUT2D eigenvalue weighted by Gasteiger charge is 2.32. The summed E-state index contributed by atoms with van der Waals surface area (Å²) in [6.45, 7) is 0.140. The summed E-state index contributed by atoms with van der Waals surface area (Å²) in [6, 6.07) is 8.78. The van der Waals surface area contributed by atoms with Gasteiger partial charge < -0.3 is 9.72 Å². The fourth-order valence-corrected chi connectivity index (χ4v) is 4.11. The van der Waals surface area contributed by atoms with Gasteiger partial charge in [0.2, 0.25) is 5.95 Å². The van der Waals surface area contributed by atoms with Crippen molar-refractivity contribution in [2.75, 3.05) is 6.61 Å². The second-order valence-corrected chi connectivity index (χ2v) is 7.24. The monoisotopic (exact) mass is 420 g/mol. The molecular formula is C21H14F2N6O2. The van der Waals surface area contributed by atoms with Crippen molar-refractivity contribution in [2.45, 2.75) is 12.5 Å². The van der Waals surface area contributed by atoms with Crippen molar-refractivity contribution in [2.24, 2.45) is 0 Å². The molecule has 8 nitrogen and oxygen atoms in total. The van der Waals surface area contributed by atoms with Gasteiger partial charge in [-0.25, -0.2) is 23.5 Å². The van der Waals surface area contributed by atoms with Gasteiger partial charge in [0.25, 0.3) is 0 Å². The Hall–Kier alpha value is -4.08. The van der Waals surface area contributed by atoms with E-state index in [0.717, 1.165) is 23.2 Å². The number of hydrogen-bond donors (Lipinski definition) is 1. The van der Waals surface area contributed by atoms with Crippen molar-refractivity contribution < 1.29 is 13.5 Å². The number of imidazole rings is 2. The summed E-state index contributed by atoms with van der Waals surface area (Å²) >= 11 is 0. The third-order valence-corrected chi connectivity index (χ3v) is 5.49. The van der Waals surface area contributed by atoms with E-state index in [4.69, 9.17) is 4.74 Å². The largest absolute Gasteiger partial charge is 0.490 e. The molecule has 0 saturated heterocycles.